The molecule has 106 valence electrons. The fourth-order valence-electron chi connectivity index (χ4n) is 4.10. The zero-order valence-corrected chi connectivity index (χ0v) is 11.8. The zero-order chi connectivity index (χ0) is 13.7. The van der Waals surface area contributed by atoms with Crippen molar-refractivity contribution in [3.8, 4) is 5.75 Å². The minimum Gasteiger partial charge on any atom is -0.497 e. The maximum atomic E-state index is 12.6. The van der Waals surface area contributed by atoms with Crippen molar-refractivity contribution in [2.75, 3.05) is 20.2 Å². The van der Waals surface area contributed by atoms with Crippen LogP contribution in [0.15, 0.2) is 18.2 Å². The molecule has 0 unspecified atom stereocenters. The van der Waals surface area contributed by atoms with Gasteiger partial charge in [-0.05, 0) is 49.1 Å². The number of hydrogen-bond donors (Lipinski definition) is 1. The van der Waals surface area contributed by atoms with Crippen molar-refractivity contribution < 1.29 is 9.53 Å². The molecule has 0 radical (unpaired) electrons. The molecule has 2 fully saturated rings. The highest BCUT2D eigenvalue weighted by molar-refractivity contribution is 5.82. The first-order valence-electron chi connectivity index (χ1n) is 7.48. The van der Waals surface area contributed by atoms with E-state index >= 15 is 0 Å². The molecule has 3 heterocycles. The summed E-state index contributed by atoms with van der Waals surface area (Å²) in [7, 11) is 1.70. The number of amides is 1. The number of methoxy groups -OCH3 is 1. The number of benzene rings is 1. The Labute approximate surface area is 119 Å². The molecule has 4 nitrogen and oxygen atoms in total. The van der Waals surface area contributed by atoms with Crippen molar-refractivity contribution in [1.82, 2.24) is 10.2 Å². The Morgan fingerprint density at radius 1 is 1.40 bits per heavy atom. The molecule has 0 aliphatic carbocycles. The van der Waals surface area contributed by atoms with Crippen LogP contribution in [0.3, 0.4) is 0 Å². The summed E-state index contributed by atoms with van der Waals surface area (Å²) in [6.45, 7) is 1.84. The van der Waals surface area contributed by atoms with Gasteiger partial charge < -0.3 is 15.0 Å². The van der Waals surface area contributed by atoms with Crippen LogP contribution in [-0.4, -0.2) is 37.0 Å². The molecule has 0 spiro atoms. The Bertz CT molecular complexity index is 557. The fraction of sp³-hybridized carbons (Fsp3) is 0.562. The van der Waals surface area contributed by atoms with E-state index in [4.69, 9.17) is 4.74 Å². The van der Waals surface area contributed by atoms with Gasteiger partial charge in [0.15, 0.2) is 0 Å². The lowest BCUT2D eigenvalue weighted by molar-refractivity contribution is -0.143. The second-order valence-electron chi connectivity index (χ2n) is 6.05. The van der Waals surface area contributed by atoms with Crippen LogP contribution in [0.1, 0.15) is 30.0 Å². The van der Waals surface area contributed by atoms with Crippen LogP contribution in [0, 0.1) is 5.92 Å². The number of carbonyl (C=O) groups is 1. The number of piperidine rings is 1. The summed E-state index contributed by atoms with van der Waals surface area (Å²) in [5, 5.41) is 3.50. The topological polar surface area (TPSA) is 41.6 Å². The first-order chi connectivity index (χ1) is 9.78. The summed E-state index contributed by atoms with van der Waals surface area (Å²) < 4.78 is 5.31. The summed E-state index contributed by atoms with van der Waals surface area (Å²) in [5.74, 6) is 1.49. The molecule has 0 aromatic heterocycles. The predicted octanol–water partition coefficient (Wildman–Crippen LogP) is 1.50. The Morgan fingerprint density at radius 2 is 2.30 bits per heavy atom. The molecule has 3 atom stereocenters. The van der Waals surface area contributed by atoms with Crippen LogP contribution in [-0.2, 0) is 11.2 Å². The van der Waals surface area contributed by atoms with E-state index in [1.807, 2.05) is 6.07 Å². The quantitative estimate of drug-likeness (QED) is 0.842. The number of carbonyl (C=O) groups excluding carboxylic acids is 1. The van der Waals surface area contributed by atoms with Crippen LogP contribution in [0.4, 0.5) is 0 Å². The van der Waals surface area contributed by atoms with Gasteiger partial charge in [-0.25, -0.2) is 0 Å². The maximum absolute atomic E-state index is 12.6. The van der Waals surface area contributed by atoms with E-state index in [2.05, 4.69) is 22.3 Å². The summed E-state index contributed by atoms with van der Waals surface area (Å²) in [5.41, 5.74) is 2.66. The number of fused-ring (bicyclic) bond motifs is 4. The van der Waals surface area contributed by atoms with Gasteiger partial charge in [0.1, 0.15) is 5.75 Å². The molecule has 1 N–H and O–H groups in total. The van der Waals surface area contributed by atoms with E-state index < -0.39 is 0 Å². The van der Waals surface area contributed by atoms with Gasteiger partial charge in [-0.3, -0.25) is 4.79 Å². The van der Waals surface area contributed by atoms with Gasteiger partial charge in [-0.15, -0.1) is 0 Å². The molecule has 3 aliphatic rings. The third-order valence-electron chi connectivity index (χ3n) is 5.13. The summed E-state index contributed by atoms with van der Waals surface area (Å²) >= 11 is 0. The number of nitrogens with zero attached hydrogens (tertiary/aromatic N) is 1. The van der Waals surface area contributed by atoms with Crippen molar-refractivity contribution >= 4 is 5.91 Å². The number of nitrogens with one attached hydrogen (secondary N) is 1. The Hall–Kier alpha value is -1.55. The van der Waals surface area contributed by atoms with Gasteiger partial charge in [0, 0.05) is 12.6 Å². The number of rotatable bonds is 1. The highest BCUT2D eigenvalue weighted by Gasteiger charge is 2.45. The molecule has 2 saturated heterocycles. The van der Waals surface area contributed by atoms with Gasteiger partial charge in [-0.2, -0.15) is 0 Å². The molecule has 0 saturated carbocycles. The average Bonchev–Trinajstić information content (AvgIpc) is 2.95. The summed E-state index contributed by atoms with van der Waals surface area (Å²) in [4.78, 5) is 14.7. The normalized spacial score (nSPS) is 31.6. The van der Waals surface area contributed by atoms with Gasteiger partial charge in [0.25, 0.3) is 0 Å². The third kappa shape index (κ3) is 1.67. The smallest absolute Gasteiger partial charge is 0.227 e. The van der Waals surface area contributed by atoms with E-state index in [1.165, 1.54) is 11.1 Å². The van der Waals surface area contributed by atoms with Gasteiger partial charge >= 0.3 is 0 Å². The minimum atomic E-state index is 0.214. The van der Waals surface area contributed by atoms with Gasteiger partial charge in [0.05, 0.1) is 19.1 Å². The van der Waals surface area contributed by atoms with E-state index in [1.54, 1.807) is 7.11 Å². The Morgan fingerprint density at radius 3 is 3.15 bits per heavy atom. The summed E-state index contributed by atoms with van der Waals surface area (Å²) in [6, 6.07) is 6.92. The molecular weight excluding hydrogens is 252 g/mol. The molecule has 1 aromatic rings. The molecular formula is C16H20N2O2. The van der Waals surface area contributed by atoms with E-state index in [0.29, 0.717) is 11.9 Å². The zero-order valence-electron chi connectivity index (χ0n) is 11.8. The lowest BCUT2D eigenvalue weighted by Gasteiger charge is -2.45. The predicted molar refractivity (Wildman–Crippen MR) is 75.7 cm³/mol. The second-order valence-corrected chi connectivity index (χ2v) is 6.05. The molecule has 0 bridgehead atoms. The van der Waals surface area contributed by atoms with Gasteiger partial charge in [-0.1, -0.05) is 6.07 Å². The van der Waals surface area contributed by atoms with Crippen molar-refractivity contribution in [1.29, 1.82) is 0 Å². The first kappa shape index (κ1) is 12.2. The average molecular weight is 272 g/mol. The molecule has 3 aliphatic heterocycles. The second kappa shape index (κ2) is 4.48. The highest BCUT2D eigenvalue weighted by Crippen LogP contribution is 2.42. The third-order valence-corrected chi connectivity index (χ3v) is 5.13. The molecule has 1 aromatic carbocycles. The lowest BCUT2D eigenvalue weighted by Crippen LogP contribution is -2.52. The highest BCUT2D eigenvalue weighted by atomic mass is 16.5. The number of hydrogen-bond acceptors (Lipinski definition) is 3. The summed E-state index contributed by atoms with van der Waals surface area (Å²) in [6.07, 6.45) is 3.00. The molecule has 1 amide bonds. The molecule has 20 heavy (non-hydrogen) atoms. The SMILES string of the molecule is COc1ccc2c(c1)CCN1C(=O)[C@H]3CCN[C@H]3C[C@@H]21. The number of ether oxygens (including phenoxy) is 1. The molecule has 4 heteroatoms. The van der Waals surface area contributed by atoms with Crippen molar-refractivity contribution in [2.24, 2.45) is 5.92 Å². The van der Waals surface area contributed by atoms with E-state index in [0.717, 1.165) is 38.1 Å². The largest absolute Gasteiger partial charge is 0.497 e. The Balaban J connectivity index is 1.71. The van der Waals surface area contributed by atoms with E-state index in [-0.39, 0.29) is 12.0 Å². The van der Waals surface area contributed by atoms with Gasteiger partial charge in [0.2, 0.25) is 5.91 Å². The van der Waals surface area contributed by atoms with Crippen LogP contribution in [0.25, 0.3) is 0 Å². The van der Waals surface area contributed by atoms with Crippen LogP contribution < -0.4 is 10.1 Å². The van der Waals surface area contributed by atoms with Crippen LogP contribution >= 0.6 is 0 Å². The standard InChI is InChI=1S/C16H20N2O2/c1-20-11-2-3-12-10(8-11)5-7-18-15(12)9-14-13(16(18)19)4-6-17-14/h2-3,8,13-15,17H,4-7,9H2,1H3/t13-,14-,15-/m0/s1. The fourth-order valence-corrected chi connectivity index (χ4v) is 4.10. The van der Waals surface area contributed by atoms with Crippen molar-refractivity contribution in [3.63, 3.8) is 0 Å². The maximum Gasteiger partial charge on any atom is 0.227 e. The lowest BCUT2D eigenvalue weighted by atomic mass is 9.80. The van der Waals surface area contributed by atoms with E-state index in [9.17, 15) is 4.79 Å². The Kier molecular flexibility index (Phi) is 2.74. The van der Waals surface area contributed by atoms with Crippen molar-refractivity contribution in [3.05, 3.63) is 29.3 Å². The van der Waals surface area contributed by atoms with Crippen LogP contribution in [0.2, 0.25) is 0 Å². The monoisotopic (exact) mass is 272 g/mol. The van der Waals surface area contributed by atoms with Crippen molar-refractivity contribution in [2.45, 2.75) is 31.3 Å². The first-order valence-corrected chi connectivity index (χ1v) is 7.48. The minimum absolute atomic E-state index is 0.214. The molecule has 4 rings (SSSR count). The van der Waals surface area contributed by atoms with Crippen LogP contribution in [0.5, 0.6) is 5.75 Å².